The SMILES string of the molecule is CCCc1nc(CC(C)(C)C)oc1C(=O)O. The summed E-state index contributed by atoms with van der Waals surface area (Å²) in [7, 11) is 0. The Morgan fingerprint density at radius 1 is 1.44 bits per heavy atom. The van der Waals surface area contributed by atoms with Crippen molar-refractivity contribution >= 4 is 5.97 Å². The van der Waals surface area contributed by atoms with Crippen molar-refractivity contribution in [3.63, 3.8) is 0 Å². The number of hydrogen-bond acceptors (Lipinski definition) is 3. The Kier molecular flexibility index (Phi) is 3.73. The summed E-state index contributed by atoms with van der Waals surface area (Å²) in [5.74, 6) is -0.509. The molecule has 0 aliphatic rings. The molecule has 4 nitrogen and oxygen atoms in total. The molecule has 0 aliphatic heterocycles. The van der Waals surface area contributed by atoms with E-state index in [1.54, 1.807) is 0 Å². The molecule has 0 saturated heterocycles. The average Bonchev–Trinajstić information content (AvgIpc) is 2.45. The highest BCUT2D eigenvalue weighted by molar-refractivity contribution is 5.85. The van der Waals surface area contributed by atoms with Gasteiger partial charge >= 0.3 is 5.97 Å². The van der Waals surface area contributed by atoms with Crippen LogP contribution in [0.25, 0.3) is 0 Å². The molecule has 0 aromatic carbocycles. The second-order valence-corrected chi connectivity index (χ2v) is 5.18. The normalized spacial score (nSPS) is 11.8. The molecule has 0 amide bonds. The predicted octanol–water partition coefficient (Wildman–Crippen LogP) is 2.91. The van der Waals surface area contributed by atoms with E-state index in [2.05, 4.69) is 25.8 Å². The van der Waals surface area contributed by atoms with Crippen LogP contribution in [0.15, 0.2) is 4.42 Å². The van der Waals surface area contributed by atoms with Crippen LogP contribution in [-0.2, 0) is 12.8 Å². The Morgan fingerprint density at radius 3 is 2.50 bits per heavy atom. The molecule has 1 rings (SSSR count). The summed E-state index contributed by atoms with van der Waals surface area (Å²) in [6, 6.07) is 0. The van der Waals surface area contributed by atoms with Crippen LogP contribution in [0.1, 0.15) is 56.3 Å². The number of aromatic carboxylic acids is 1. The first-order valence-electron chi connectivity index (χ1n) is 5.55. The minimum absolute atomic E-state index is 0.00102. The lowest BCUT2D eigenvalue weighted by molar-refractivity contribution is 0.0657. The summed E-state index contributed by atoms with van der Waals surface area (Å²) < 4.78 is 5.29. The molecule has 0 atom stereocenters. The van der Waals surface area contributed by atoms with Gasteiger partial charge in [0.05, 0.1) is 5.69 Å². The fourth-order valence-corrected chi connectivity index (χ4v) is 1.50. The van der Waals surface area contributed by atoms with Crippen LogP contribution in [0.5, 0.6) is 0 Å². The Morgan fingerprint density at radius 2 is 2.06 bits per heavy atom. The number of carboxylic acid groups (broad SMARTS) is 1. The molecule has 0 aliphatic carbocycles. The molecule has 90 valence electrons. The zero-order chi connectivity index (χ0) is 12.3. The quantitative estimate of drug-likeness (QED) is 0.855. The van der Waals surface area contributed by atoms with E-state index in [1.807, 2.05) is 6.92 Å². The lowest BCUT2D eigenvalue weighted by Crippen LogP contribution is -2.09. The van der Waals surface area contributed by atoms with Crippen LogP contribution in [0.4, 0.5) is 0 Å². The molecule has 0 saturated carbocycles. The maximum atomic E-state index is 10.9. The van der Waals surface area contributed by atoms with E-state index >= 15 is 0 Å². The standard InChI is InChI=1S/C12H19NO3/c1-5-6-8-10(11(14)15)16-9(13-8)7-12(2,3)4/h5-7H2,1-4H3,(H,14,15). The zero-order valence-electron chi connectivity index (χ0n) is 10.3. The summed E-state index contributed by atoms with van der Waals surface area (Å²) >= 11 is 0. The lowest BCUT2D eigenvalue weighted by atomic mass is 9.92. The maximum Gasteiger partial charge on any atom is 0.373 e. The van der Waals surface area contributed by atoms with E-state index in [4.69, 9.17) is 9.52 Å². The number of rotatable bonds is 4. The fraction of sp³-hybridized carbons (Fsp3) is 0.667. The van der Waals surface area contributed by atoms with Crippen molar-refractivity contribution in [3.8, 4) is 0 Å². The van der Waals surface area contributed by atoms with Gasteiger partial charge in [-0.05, 0) is 11.8 Å². The number of oxazole rings is 1. The highest BCUT2D eigenvalue weighted by atomic mass is 16.4. The second-order valence-electron chi connectivity index (χ2n) is 5.18. The van der Waals surface area contributed by atoms with Gasteiger partial charge in [0, 0.05) is 6.42 Å². The summed E-state index contributed by atoms with van der Waals surface area (Å²) in [4.78, 5) is 15.2. The second kappa shape index (κ2) is 4.68. The highest BCUT2D eigenvalue weighted by Gasteiger charge is 2.22. The van der Waals surface area contributed by atoms with Gasteiger partial charge < -0.3 is 9.52 Å². The minimum Gasteiger partial charge on any atom is -0.475 e. The van der Waals surface area contributed by atoms with E-state index in [9.17, 15) is 4.79 Å². The van der Waals surface area contributed by atoms with Gasteiger partial charge in [-0.3, -0.25) is 0 Å². The molecule has 16 heavy (non-hydrogen) atoms. The third-order valence-corrected chi connectivity index (χ3v) is 2.10. The van der Waals surface area contributed by atoms with Crippen molar-refractivity contribution in [2.24, 2.45) is 5.41 Å². The van der Waals surface area contributed by atoms with Crippen molar-refractivity contribution in [1.82, 2.24) is 4.98 Å². The first kappa shape index (κ1) is 12.7. The minimum atomic E-state index is -1.03. The average molecular weight is 225 g/mol. The van der Waals surface area contributed by atoms with E-state index in [0.29, 0.717) is 24.4 Å². The van der Waals surface area contributed by atoms with Crippen LogP contribution < -0.4 is 0 Å². The van der Waals surface area contributed by atoms with Gasteiger partial charge in [-0.25, -0.2) is 9.78 Å². The molecule has 1 aromatic heterocycles. The molecule has 0 bridgehead atoms. The molecule has 0 fully saturated rings. The van der Waals surface area contributed by atoms with Crippen molar-refractivity contribution in [3.05, 3.63) is 17.3 Å². The number of carbonyl (C=O) groups is 1. The third kappa shape index (κ3) is 3.36. The molecule has 1 N–H and O–H groups in total. The third-order valence-electron chi connectivity index (χ3n) is 2.10. The summed E-state index contributed by atoms with van der Waals surface area (Å²) in [5, 5.41) is 8.97. The fourth-order valence-electron chi connectivity index (χ4n) is 1.50. The predicted molar refractivity (Wildman–Crippen MR) is 60.6 cm³/mol. The van der Waals surface area contributed by atoms with Crippen LogP contribution in [0.3, 0.4) is 0 Å². The highest BCUT2D eigenvalue weighted by Crippen LogP contribution is 2.22. The van der Waals surface area contributed by atoms with Gasteiger partial charge in [0.15, 0.2) is 5.89 Å². The van der Waals surface area contributed by atoms with Gasteiger partial charge in [0.25, 0.3) is 0 Å². The Balaban J connectivity index is 2.97. The summed E-state index contributed by atoms with van der Waals surface area (Å²) in [5.41, 5.74) is 0.610. The van der Waals surface area contributed by atoms with Crippen molar-refractivity contribution in [2.75, 3.05) is 0 Å². The van der Waals surface area contributed by atoms with Crippen LogP contribution in [0, 0.1) is 5.41 Å². The molecular formula is C12H19NO3. The summed E-state index contributed by atoms with van der Waals surface area (Å²) in [6.07, 6.45) is 2.16. The number of hydrogen-bond donors (Lipinski definition) is 1. The topological polar surface area (TPSA) is 63.3 Å². The molecule has 0 radical (unpaired) electrons. The molecule has 1 heterocycles. The zero-order valence-corrected chi connectivity index (χ0v) is 10.3. The lowest BCUT2D eigenvalue weighted by Gasteiger charge is -2.14. The van der Waals surface area contributed by atoms with E-state index in [1.165, 1.54) is 0 Å². The Hall–Kier alpha value is -1.32. The van der Waals surface area contributed by atoms with Gasteiger partial charge in [-0.1, -0.05) is 34.1 Å². The Bertz CT molecular complexity index is 374. The van der Waals surface area contributed by atoms with Gasteiger partial charge in [0.2, 0.25) is 5.76 Å². The molecule has 0 unspecified atom stereocenters. The van der Waals surface area contributed by atoms with Crippen LogP contribution >= 0.6 is 0 Å². The van der Waals surface area contributed by atoms with Crippen molar-refractivity contribution in [1.29, 1.82) is 0 Å². The molecule has 0 spiro atoms. The monoisotopic (exact) mass is 225 g/mol. The Labute approximate surface area is 95.7 Å². The largest absolute Gasteiger partial charge is 0.475 e. The van der Waals surface area contributed by atoms with Gasteiger partial charge in [0.1, 0.15) is 0 Å². The number of aromatic nitrogens is 1. The smallest absolute Gasteiger partial charge is 0.373 e. The molecule has 1 aromatic rings. The number of nitrogens with zero attached hydrogens (tertiary/aromatic N) is 1. The number of aryl methyl sites for hydroxylation is 1. The van der Waals surface area contributed by atoms with E-state index in [-0.39, 0.29) is 11.2 Å². The van der Waals surface area contributed by atoms with Crippen molar-refractivity contribution < 1.29 is 14.3 Å². The number of carboxylic acids is 1. The van der Waals surface area contributed by atoms with E-state index < -0.39 is 5.97 Å². The maximum absolute atomic E-state index is 10.9. The molecular weight excluding hydrogens is 206 g/mol. The first-order valence-corrected chi connectivity index (χ1v) is 5.55. The van der Waals surface area contributed by atoms with Gasteiger partial charge in [-0.15, -0.1) is 0 Å². The molecule has 4 heteroatoms. The van der Waals surface area contributed by atoms with Gasteiger partial charge in [-0.2, -0.15) is 0 Å². The van der Waals surface area contributed by atoms with Crippen LogP contribution in [-0.4, -0.2) is 16.1 Å². The van der Waals surface area contributed by atoms with Crippen molar-refractivity contribution in [2.45, 2.75) is 47.0 Å². The summed E-state index contributed by atoms with van der Waals surface area (Å²) in [6.45, 7) is 8.19. The van der Waals surface area contributed by atoms with Crippen LogP contribution in [0.2, 0.25) is 0 Å². The van der Waals surface area contributed by atoms with E-state index in [0.717, 1.165) is 6.42 Å². The first-order chi connectivity index (χ1) is 7.33.